The minimum Gasteiger partial charge on any atom is -0.298 e. The van der Waals surface area contributed by atoms with Crippen LogP contribution in [-0.2, 0) is 18.3 Å². The second kappa shape index (κ2) is 6.78. The fourth-order valence-corrected chi connectivity index (χ4v) is 3.51. The number of thioether (sulfide) groups is 1. The third-order valence-electron chi connectivity index (χ3n) is 2.87. The molecule has 1 heterocycles. The molecule has 0 fully saturated rings. The molecule has 0 saturated heterocycles. The van der Waals surface area contributed by atoms with Crippen molar-refractivity contribution in [3.63, 3.8) is 0 Å². The molecular formula is C14H14BrClN2OS. The Balaban J connectivity index is 1.98. The van der Waals surface area contributed by atoms with Gasteiger partial charge in [0.1, 0.15) is 10.9 Å². The summed E-state index contributed by atoms with van der Waals surface area (Å²) in [5, 5.41) is 4.76. The molecule has 0 radical (unpaired) electrons. The molecule has 2 aromatic rings. The third kappa shape index (κ3) is 3.65. The summed E-state index contributed by atoms with van der Waals surface area (Å²) in [5.74, 6) is 0.566. The van der Waals surface area contributed by atoms with Crippen molar-refractivity contribution in [1.29, 1.82) is 0 Å². The molecule has 0 saturated carbocycles. The number of halogens is 2. The standard InChI is InChI=1S/C14H14BrClN2OS/c1-9-11(14(16)18(2)17-9)7-10(19)8-20-13-6-4-3-5-12(13)15/h3-6H,7-8H2,1-2H3. The van der Waals surface area contributed by atoms with E-state index in [0.29, 0.717) is 17.3 Å². The van der Waals surface area contributed by atoms with Crippen LogP contribution in [0.2, 0.25) is 5.15 Å². The van der Waals surface area contributed by atoms with Crippen LogP contribution in [0.4, 0.5) is 0 Å². The van der Waals surface area contributed by atoms with Crippen LogP contribution < -0.4 is 0 Å². The van der Waals surface area contributed by atoms with Gasteiger partial charge < -0.3 is 0 Å². The predicted octanol–water partition coefficient (Wildman–Crippen LogP) is 4.05. The smallest absolute Gasteiger partial charge is 0.147 e. The summed E-state index contributed by atoms with van der Waals surface area (Å²) in [4.78, 5) is 13.1. The van der Waals surface area contributed by atoms with Crippen molar-refractivity contribution in [2.24, 2.45) is 7.05 Å². The molecule has 6 heteroatoms. The van der Waals surface area contributed by atoms with E-state index in [0.717, 1.165) is 20.6 Å². The first-order valence-electron chi connectivity index (χ1n) is 6.06. The molecule has 0 bridgehead atoms. The summed E-state index contributed by atoms with van der Waals surface area (Å²) in [7, 11) is 1.78. The van der Waals surface area contributed by atoms with E-state index in [1.54, 1.807) is 11.7 Å². The SMILES string of the molecule is Cc1nn(C)c(Cl)c1CC(=O)CSc1ccccc1Br. The van der Waals surface area contributed by atoms with E-state index in [1.165, 1.54) is 11.8 Å². The van der Waals surface area contributed by atoms with Crippen LogP contribution in [-0.4, -0.2) is 21.3 Å². The molecule has 0 amide bonds. The highest BCUT2D eigenvalue weighted by atomic mass is 79.9. The molecule has 106 valence electrons. The fraction of sp³-hybridized carbons (Fsp3) is 0.286. The minimum atomic E-state index is 0.142. The average Bonchev–Trinajstić information content (AvgIpc) is 2.64. The number of carbonyl (C=O) groups excluding carboxylic acids is 1. The molecule has 2 rings (SSSR count). The monoisotopic (exact) mass is 372 g/mol. The fourth-order valence-electron chi connectivity index (χ4n) is 1.84. The number of carbonyl (C=O) groups is 1. The van der Waals surface area contributed by atoms with E-state index in [-0.39, 0.29) is 5.78 Å². The van der Waals surface area contributed by atoms with Crippen LogP contribution >= 0.6 is 39.3 Å². The van der Waals surface area contributed by atoms with Gasteiger partial charge in [-0.1, -0.05) is 23.7 Å². The summed E-state index contributed by atoms with van der Waals surface area (Å²) in [6, 6.07) is 7.87. The molecule has 0 unspecified atom stereocenters. The van der Waals surface area contributed by atoms with Crippen molar-refractivity contribution in [2.45, 2.75) is 18.2 Å². The zero-order valence-electron chi connectivity index (χ0n) is 11.2. The Bertz CT molecular complexity index is 642. The number of ketones is 1. The summed E-state index contributed by atoms with van der Waals surface area (Å²) >= 11 is 11.1. The van der Waals surface area contributed by atoms with Gasteiger partial charge in [-0.05, 0) is 35.0 Å². The van der Waals surface area contributed by atoms with Gasteiger partial charge in [-0.25, -0.2) is 0 Å². The number of rotatable bonds is 5. The Morgan fingerprint density at radius 3 is 2.75 bits per heavy atom. The molecule has 3 nitrogen and oxygen atoms in total. The summed E-state index contributed by atoms with van der Waals surface area (Å²) in [6.07, 6.45) is 0.329. The maximum absolute atomic E-state index is 12.1. The van der Waals surface area contributed by atoms with Gasteiger partial charge in [-0.3, -0.25) is 9.48 Å². The normalized spacial score (nSPS) is 10.8. The average molecular weight is 374 g/mol. The Morgan fingerprint density at radius 1 is 1.45 bits per heavy atom. The molecule has 1 aromatic heterocycles. The highest BCUT2D eigenvalue weighted by Crippen LogP contribution is 2.27. The molecule has 0 aliphatic heterocycles. The molecular weight excluding hydrogens is 360 g/mol. The highest BCUT2D eigenvalue weighted by molar-refractivity contribution is 9.10. The summed E-state index contributed by atoms with van der Waals surface area (Å²) in [5.41, 5.74) is 1.64. The van der Waals surface area contributed by atoms with E-state index < -0.39 is 0 Å². The van der Waals surface area contributed by atoms with Gasteiger partial charge in [0.25, 0.3) is 0 Å². The van der Waals surface area contributed by atoms with E-state index >= 15 is 0 Å². The maximum Gasteiger partial charge on any atom is 0.147 e. The summed E-state index contributed by atoms with van der Waals surface area (Å²) in [6.45, 7) is 1.87. The van der Waals surface area contributed by atoms with Crippen molar-refractivity contribution in [3.05, 3.63) is 45.1 Å². The molecule has 20 heavy (non-hydrogen) atoms. The number of Topliss-reactive ketones (excluding diaryl/α,β-unsaturated/α-hetero) is 1. The molecule has 0 atom stereocenters. The largest absolute Gasteiger partial charge is 0.298 e. The highest BCUT2D eigenvalue weighted by Gasteiger charge is 2.15. The second-order valence-corrected chi connectivity index (χ2v) is 6.64. The van der Waals surface area contributed by atoms with Crippen molar-refractivity contribution in [2.75, 3.05) is 5.75 Å². The first-order chi connectivity index (χ1) is 9.49. The molecule has 0 aliphatic rings. The number of aromatic nitrogens is 2. The Kier molecular flexibility index (Phi) is 5.29. The van der Waals surface area contributed by atoms with Crippen LogP contribution in [0.3, 0.4) is 0 Å². The first kappa shape index (κ1) is 15.6. The quantitative estimate of drug-likeness (QED) is 0.742. The number of hydrogen-bond acceptors (Lipinski definition) is 3. The van der Waals surface area contributed by atoms with Crippen molar-refractivity contribution in [3.8, 4) is 0 Å². The van der Waals surface area contributed by atoms with Gasteiger partial charge in [0, 0.05) is 28.4 Å². The Hall–Kier alpha value is -0.780. The molecule has 0 aliphatic carbocycles. The number of hydrogen-bond donors (Lipinski definition) is 0. The predicted molar refractivity (Wildman–Crippen MR) is 86.5 cm³/mol. The van der Waals surface area contributed by atoms with E-state index in [2.05, 4.69) is 21.0 Å². The lowest BCUT2D eigenvalue weighted by atomic mass is 10.1. The summed E-state index contributed by atoms with van der Waals surface area (Å²) < 4.78 is 2.61. The zero-order valence-corrected chi connectivity index (χ0v) is 14.3. The number of nitrogens with zero attached hydrogens (tertiary/aromatic N) is 2. The van der Waals surface area contributed by atoms with Crippen LogP contribution in [0, 0.1) is 6.92 Å². The second-order valence-electron chi connectivity index (χ2n) is 4.41. The van der Waals surface area contributed by atoms with Gasteiger partial charge >= 0.3 is 0 Å². The zero-order chi connectivity index (χ0) is 14.7. The lowest BCUT2D eigenvalue weighted by Gasteiger charge is -2.04. The maximum atomic E-state index is 12.1. The number of aryl methyl sites for hydroxylation is 2. The first-order valence-corrected chi connectivity index (χ1v) is 8.21. The van der Waals surface area contributed by atoms with Gasteiger partial charge in [0.05, 0.1) is 11.4 Å². The van der Waals surface area contributed by atoms with Crippen LogP contribution in [0.25, 0.3) is 0 Å². The molecule has 0 spiro atoms. The van der Waals surface area contributed by atoms with Gasteiger partial charge in [-0.2, -0.15) is 5.10 Å². The van der Waals surface area contributed by atoms with Crippen molar-refractivity contribution in [1.82, 2.24) is 9.78 Å². The van der Waals surface area contributed by atoms with E-state index in [1.807, 2.05) is 31.2 Å². The van der Waals surface area contributed by atoms with Crippen molar-refractivity contribution >= 4 is 45.1 Å². The van der Waals surface area contributed by atoms with E-state index in [9.17, 15) is 4.79 Å². The number of benzene rings is 1. The van der Waals surface area contributed by atoms with Crippen LogP contribution in [0.1, 0.15) is 11.3 Å². The topological polar surface area (TPSA) is 34.9 Å². The molecule has 0 N–H and O–H groups in total. The van der Waals surface area contributed by atoms with Gasteiger partial charge in [-0.15, -0.1) is 11.8 Å². The van der Waals surface area contributed by atoms with E-state index in [4.69, 9.17) is 11.6 Å². The lowest BCUT2D eigenvalue weighted by molar-refractivity contribution is -0.116. The molecule has 1 aromatic carbocycles. The van der Waals surface area contributed by atoms with Gasteiger partial charge in [0.15, 0.2) is 0 Å². The lowest BCUT2D eigenvalue weighted by Crippen LogP contribution is -2.06. The third-order valence-corrected chi connectivity index (χ3v) is 5.43. The Labute approximate surface area is 135 Å². The van der Waals surface area contributed by atoms with Crippen LogP contribution in [0.15, 0.2) is 33.6 Å². The minimum absolute atomic E-state index is 0.142. The van der Waals surface area contributed by atoms with Crippen molar-refractivity contribution < 1.29 is 4.79 Å². The Morgan fingerprint density at radius 2 is 2.15 bits per heavy atom. The van der Waals surface area contributed by atoms with Crippen LogP contribution in [0.5, 0.6) is 0 Å². The van der Waals surface area contributed by atoms with Gasteiger partial charge in [0.2, 0.25) is 0 Å².